The van der Waals surface area contributed by atoms with Crippen LogP contribution in [-0.4, -0.2) is 22.7 Å². The summed E-state index contributed by atoms with van der Waals surface area (Å²) >= 11 is 7.70. The highest BCUT2D eigenvalue weighted by molar-refractivity contribution is 7.80. The fourth-order valence-electron chi connectivity index (χ4n) is 3.71. The third-order valence-corrected chi connectivity index (χ3v) is 6.36. The minimum atomic E-state index is 0.275. The number of thiophene rings is 1. The molecule has 3 nitrogen and oxygen atoms in total. The summed E-state index contributed by atoms with van der Waals surface area (Å²) in [5.41, 5.74) is 0.943. The molecule has 140 valence electrons. The van der Waals surface area contributed by atoms with Gasteiger partial charge in [-0.15, -0.1) is 11.3 Å². The zero-order valence-electron chi connectivity index (χ0n) is 15.6. The monoisotopic (exact) mass is 388 g/mol. The predicted octanol–water partition coefficient (Wildman–Crippen LogP) is 6.24. The maximum atomic E-state index is 5.90. The molecule has 0 amide bonds. The lowest BCUT2D eigenvalue weighted by Crippen LogP contribution is -2.45. The average molecular weight is 389 g/mol. The molecule has 1 saturated carbocycles. The lowest BCUT2D eigenvalue weighted by Gasteiger charge is -2.40. The lowest BCUT2D eigenvalue weighted by molar-refractivity contribution is 0.205. The van der Waals surface area contributed by atoms with E-state index in [1.54, 1.807) is 11.3 Å². The van der Waals surface area contributed by atoms with E-state index in [4.69, 9.17) is 17.0 Å². The van der Waals surface area contributed by atoms with Crippen LogP contribution >= 0.6 is 23.6 Å². The van der Waals surface area contributed by atoms with E-state index in [-0.39, 0.29) is 6.04 Å². The molecule has 1 N–H and O–H groups in total. The molecule has 1 fully saturated rings. The lowest BCUT2D eigenvalue weighted by atomic mass is 9.93. The van der Waals surface area contributed by atoms with E-state index < -0.39 is 0 Å². The fraction of sp³-hybridized carbons (Fsp3) is 0.476. The van der Waals surface area contributed by atoms with Crippen molar-refractivity contribution in [3.63, 3.8) is 0 Å². The van der Waals surface area contributed by atoms with Crippen LogP contribution in [0.1, 0.15) is 56.9 Å². The Morgan fingerprint density at radius 1 is 1.23 bits per heavy atom. The van der Waals surface area contributed by atoms with E-state index in [1.807, 2.05) is 31.2 Å². The number of hydrogen-bond donors (Lipinski definition) is 1. The quantitative estimate of drug-likeness (QED) is 0.592. The Morgan fingerprint density at radius 2 is 2.00 bits per heavy atom. The molecule has 0 bridgehead atoms. The second-order valence-electron chi connectivity index (χ2n) is 6.75. The van der Waals surface area contributed by atoms with Crippen LogP contribution in [0, 0.1) is 0 Å². The molecule has 5 heteroatoms. The standard InChI is InChI=1S/C21H28N2OS2/c1-3-24-19-13-8-7-12-18(19)22-21(25)23(17-10-5-4-6-11-17)16(2)20-14-9-15-26-20/h7-9,12-17H,3-6,10-11H2,1-2H3,(H,22,25)/t16-/m0/s1. The van der Waals surface area contributed by atoms with Crippen LogP contribution in [0.3, 0.4) is 0 Å². The molecule has 26 heavy (non-hydrogen) atoms. The highest BCUT2D eigenvalue weighted by Gasteiger charge is 2.29. The van der Waals surface area contributed by atoms with Crippen LogP contribution in [0.2, 0.25) is 0 Å². The highest BCUT2D eigenvalue weighted by atomic mass is 32.1. The first kappa shape index (κ1) is 19.2. The molecule has 1 aromatic heterocycles. The highest BCUT2D eigenvalue weighted by Crippen LogP contribution is 2.33. The molecule has 1 heterocycles. The number of ether oxygens (including phenoxy) is 1. The van der Waals surface area contributed by atoms with Crippen LogP contribution in [0.5, 0.6) is 5.75 Å². The zero-order chi connectivity index (χ0) is 18.4. The maximum absolute atomic E-state index is 5.90. The summed E-state index contributed by atoms with van der Waals surface area (Å²) in [5.74, 6) is 0.852. The Kier molecular flexibility index (Phi) is 6.92. The van der Waals surface area contributed by atoms with E-state index >= 15 is 0 Å². The van der Waals surface area contributed by atoms with Crippen LogP contribution in [-0.2, 0) is 0 Å². The largest absolute Gasteiger partial charge is 0.492 e. The summed E-state index contributed by atoms with van der Waals surface area (Å²) in [6.07, 6.45) is 6.34. The third-order valence-electron chi connectivity index (χ3n) is 5.00. The molecule has 0 aliphatic heterocycles. The molecule has 1 aliphatic rings. The third kappa shape index (κ3) is 4.57. The number of hydrogen-bond acceptors (Lipinski definition) is 3. The Balaban J connectivity index is 1.82. The van der Waals surface area contributed by atoms with Gasteiger partial charge in [0.2, 0.25) is 0 Å². The van der Waals surface area contributed by atoms with Gasteiger partial charge in [-0.1, -0.05) is 37.5 Å². The molecule has 1 aromatic carbocycles. The van der Waals surface area contributed by atoms with Gasteiger partial charge in [-0.25, -0.2) is 0 Å². The first-order valence-electron chi connectivity index (χ1n) is 9.55. The number of nitrogens with one attached hydrogen (secondary N) is 1. The zero-order valence-corrected chi connectivity index (χ0v) is 17.2. The van der Waals surface area contributed by atoms with Gasteiger partial charge in [0.15, 0.2) is 5.11 Å². The Hall–Kier alpha value is -1.59. The summed E-state index contributed by atoms with van der Waals surface area (Å²) in [5, 5.41) is 6.41. The van der Waals surface area contributed by atoms with Crippen molar-refractivity contribution in [1.29, 1.82) is 0 Å². The van der Waals surface area contributed by atoms with E-state index in [9.17, 15) is 0 Å². The van der Waals surface area contributed by atoms with Gasteiger partial charge in [0, 0.05) is 10.9 Å². The van der Waals surface area contributed by atoms with E-state index in [0.717, 1.165) is 16.5 Å². The summed E-state index contributed by atoms with van der Waals surface area (Å²) < 4.78 is 5.76. The number of para-hydroxylation sites is 2. The Bertz CT molecular complexity index is 696. The first-order chi connectivity index (χ1) is 12.7. The van der Waals surface area contributed by atoms with Gasteiger partial charge < -0.3 is 15.0 Å². The molecule has 1 aliphatic carbocycles. The van der Waals surface area contributed by atoms with Gasteiger partial charge in [0.05, 0.1) is 18.3 Å². The topological polar surface area (TPSA) is 24.5 Å². The van der Waals surface area contributed by atoms with Gasteiger partial charge in [-0.3, -0.25) is 0 Å². The SMILES string of the molecule is CCOc1ccccc1NC(=S)N(C1CCCCC1)[C@@H](C)c1cccs1. The second kappa shape index (κ2) is 9.38. The van der Waals surface area contributed by atoms with E-state index in [0.29, 0.717) is 12.6 Å². The maximum Gasteiger partial charge on any atom is 0.174 e. The molecule has 0 spiro atoms. The second-order valence-corrected chi connectivity index (χ2v) is 8.12. The van der Waals surface area contributed by atoms with Gasteiger partial charge in [-0.05, 0) is 62.5 Å². The van der Waals surface area contributed by atoms with Gasteiger partial charge in [-0.2, -0.15) is 0 Å². The summed E-state index contributed by atoms with van der Waals surface area (Å²) in [7, 11) is 0. The van der Waals surface area contributed by atoms with Gasteiger partial charge in [0.1, 0.15) is 5.75 Å². The molecule has 0 unspecified atom stereocenters. The van der Waals surface area contributed by atoms with Crippen molar-refractivity contribution in [2.75, 3.05) is 11.9 Å². The number of anilines is 1. The molecular weight excluding hydrogens is 360 g/mol. The molecule has 0 saturated heterocycles. The predicted molar refractivity (Wildman–Crippen MR) is 115 cm³/mol. The molecule has 1 atom stereocenters. The van der Waals surface area contributed by atoms with E-state index in [2.05, 4.69) is 34.7 Å². The molecular formula is C21H28N2OS2. The van der Waals surface area contributed by atoms with Crippen molar-refractivity contribution in [1.82, 2.24) is 4.90 Å². The Labute approximate surface area is 166 Å². The average Bonchev–Trinajstić information content (AvgIpc) is 3.19. The fourth-order valence-corrected chi connectivity index (χ4v) is 4.91. The van der Waals surface area contributed by atoms with Crippen molar-refractivity contribution < 1.29 is 4.74 Å². The summed E-state index contributed by atoms with van der Waals surface area (Å²) in [4.78, 5) is 3.78. The van der Waals surface area contributed by atoms with Gasteiger partial charge >= 0.3 is 0 Å². The number of benzene rings is 1. The molecule has 3 rings (SSSR count). The smallest absolute Gasteiger partial charge is 0.174 e. The van der Waals surface area contributed by atoms with Crippen LogP contribution in [0.15, 0.2) is 41.8 Å². The normalized spacial score (nSPS) is 16.1. The molecule has 0 radical (unpaired) electrons. The van der Waals surface area contributed by atoms with Crippen molar-refractivity contribution in [3.05, 3.63) is 46.7 Å². The van der Waals surface area contributed by atoms with Gasteiger partial charge in [0.25, 0.3) is 0 Å². The van der Waals surface area contributed by atoms with Crippen molar-refractivity contribution in [2.24, 2.45) is 0 Å². The van der Waals surface area contributed by atoms with Crippen molar-refractivity contribution >= 4 is 34.4 Å². The van der Waals surface area contributed by atoms with E-state index in [1.165, 1.54) is 37.0 Å². The summed E-state index contributed by atoms with van der Waals surface area (Å²) in [6.45, 7) is 4.91. The Morgan fingerprint density at radius 3 is 2.69 bits per heavy atom. The van der Waals surface area contributed by atoms with Crippen LogP contribution in [0.4, 0.5) is 5.69 Å². The molecule has 2 aromatic rings. The van der Waals surface area contributed by atoms with Crippen molar-refractivity contribution in [2.45, 2.75) is 58.0 Å². The van der Waals surface area contributed by atoms with Crippen LogP contribution in [0.25, 0.3) is 0 Å². The number of nitrogens with zero attached hydrogens (tertiary/aromatic N) is 1. The number of thiocarbonyl (C=S) groups is 1. The minimum absolute atomic E-state index is 0.275. The summed E-state index contributed by atoms with van der Waals surface area (Å²) in [6, 6.07) is 13.1. The number of rotatable bonds is 6. The minimum Gasteiger partial charge on any atom is -0.492 e. The van der Waals surface area contributed by atoms with Crippen molar-refractivity contribution in [3.8, 4) is 5.75 Å². The van der Waals surface area contributed by atoms with Crippen LogP contribution < -0.4 is 10.1 Å². The first-order valence-corrected chi connectivity index (χ1v) is 10.8.